The lowest BCUT2D eigenvalue weighted by atomic mass is 10.2. The first-order chi connectivity index (χ1) is 16.6. The molecule has 3 aromatic carbocycles. The predicted molar refractivity (Wildman–Crippen MR) is 134 cm³/mol. The molecule has 1 aliphatic rings. The maximum Gasteiger partial charge on any atom is 0.333 e. The molecular weight excluding hydrogens is 514 g/mol. The molecule has 1 aromatic heterocycles. The number of anilines is 1. The van der Waals surface area contributed by atoms with E-state index in [-0.39, 0.29) is 44.7 Å². The van der Waals surface area contributed by atoms with E-state index < -0.39 is 31.1 Å². The SMILES string of the molecule is O=c1[nH]c2ccccc2c(=O)n1-c1cc(S(=O)(=O)N2CCS(=O)(=O)Cc3ccccc32)ccc1Cl. The zero-order valence-electron chi connectivity index (χ0n) is 18.0. The third kappa shape index (κ3) is 4.05. The molecule has 0 aliphatic carbocycles. The van der Waals surface area contributed by atoms with E-state index in [9.17, 15) is 26.4 Å². The fraction of sp³-hybridized carbons (Fsp3) is 0.130. The second kappa shape index (κ2) is 8.36. The van der Waals surface area contributed by atoms with E-state index >= 15 is 0 Å². The monoisotopic (exact) mass is 531 g/mol. The fourth-order valence-corrected chi connectivity index (χ4v) is 7.27. The Bertz CT molecular complexity index is 1830. The molecule has 1 aliphatic heterocycles. The molecule has 0 unspecified atom stereocenters. The number of sulfonamides is 1. The third-order valence-corrected chi connectivity index (χ3v) is 9.48. The summed E-state index contributed by atoms with van der Waals surface area (Å²) in [6.07, 6.45) is 0. The van der Waals surface area contributed by atoms with Crippen LogP contribution in [-0.2, 0) is 25.6 Å². The molecule has 9 nitrogen and oxygen atoms in total. The molecule has 0 spiro atoms. The highest BCUT2D eigenvalue weighted by atomic mass is 35.5. The Morgan fingerprint density at radius 1 is 0.914 bits per heavy atom. The maximum absolute atomic E-state index is 13.7. The first kappa shape index (κ1) is 23.3. The van der Waals surface area contributed by atoms with E-state index in [1.807, 2.05) is 0 Å². The molecule has 1 N–H and O–H groups in total. The summed E-state index contributed by atoms with van der Waals surface area (Å²) in [5.41, 5.74) is -0.597. The van der Waals surface area contributed by atoms with Gasteiger partial charge in [-0.25, -0.2) is 26.2 Å². The molecule has 180 valence electrons. The van der Waals surface area contributed by atoms with Gasteiger partial charge < -0.3 is 4.98 Å². The molecule has 2 heterocycles. The Balaban J connectivity index is 1.69. The van der Waals surface area contributed by atoms with Gasteiger partial charge >= 0.3 is 5.69 Å². The van der Waals surface area contributed by atoms with Crippen LogP contribution >= 0.6 is 11.6 Å². The number of sulfone groups is 1. The number of hydrogen-bond donors (Lipinski definition) is 1. The van der Waals surface area contributed by atoms with E-state index in [4.69, 9.17) is 11.6 Å². The van der Waals surface area contributed by atoms with E-state index in [1.54, 1.807) is 42.5 Å². The summed E-state index contributed by atoms with van der Waals surface area (Å²) in [6.45, 7) is -0.282. The van der Waals surface area contributed by atoms with Crippen molar-refractivity contribution in [2.24, 2.45) is 0 Å². The van der Waals surface area contributed by atoms with E-state index in [0.29, 0.717) is 11.1 Å². The number of benzene rings is 3. The molecule has 35 heavy (non-hydrogen) atoms. The third-order valence-electron chi connectivity index (χ3n) is 5.79. The molecule has 5 rings (SSSR count). The van der Waals surface area contributed by atoms with Crippen LogP contribution in [0.3, 0.4) is 0 Å². The average molecular weight is 532 g/mol. The molecule has 0 atom stereocenters. The number of aromatic amines is 1. The average Bonchev–Trinajstić information content (AvgIpc) is 2.95. The standard InChI is InChI=1S/C23H18ClN3O6S2/c24-18-10-9-16(13-21(18)27-22(28)17-6-2-3-7-19(17)25-23(27)29)35(32,33)26-11-12-34(30,31)14-15-5-1-4-8-20(15)26/h1-10,13H,11-12,14H2,(H,25,29). The number of halogens is 1. The van der Waals surface area contributed by atoms with E-state index in [0.717, 1.165) is 14.9 Å². The van der Waals surface area contributed by atoms with Crippen molar-refractivity contribution in [3.63, 3.8) is 0 Å². The Hall–Kier alpha value is -3.41. The van der Waals surface area contributed by atoms with Gasteiger partial charge in [0.1, 0.15) is 0 Å². The zero-order chi connectivity index (χ0) is 25.0. The minimum Gasteiger partial charge on any atom is -0.306 e. The summed E-state index contributed by atoms with van der Waals surface area (Å²) in [5, 5.41) is 0.216. The molecule has 12 heteroatoms. The lowest BCUT2D eigenvalue weighted by Crippen LogP contribution is -2.35. The van der Waals surface area contributed by atoms with Crippen LogP contribution < -0.4 is 15.6 Å². The highest BCUT2D eigenvalue weighted by Crippen LogP contribution is 2.32. The minimum absolute atomic E-state index is 0.00863. The van der Waals surface area contributed by atoms with Gasteiger partial charge in [-0.2, -0.15) is 0 Å². The summed E-state index contributed by atoms with van der Waals surface area (Å²) in [6, 6.07) is 16.5. The van der Waals surface area contributed by atoms with E-state index in [1.165, 1.54) is 18.2 Å². The smallest absolute Gasteiger partial charge is 0.306 e. The number of nitrogens with zero attached hydrogens (tertiary/aromatic N) is 2. The van der Waals surface area contributed by atoms with Gasteiger partial charge in [0.05, 0.1) is 43.7 Å². The van der Waals surface area contributed by atoms with Crippen molar-refractivity contribution in [3.8, 4) is 5.69 Å². The normalized spacial score (nSPS) is 15.5. The van der Waals surface area contributed by atoms with Crippen LogP contribution in [0.5, 0.6) is 0 Å². The second-order valence-electron chi connectivity index (χ2n) is 8.03. The number of rotatable bonds is 3. The minimum atomic E-state index is -4.28. The first-order valence-corrected chi connectivity index (χ1v) is 14.1. The molecule has 0 radical (unpaired) electrons. The largest absolute Gasteiger partial charge is 0.333 e. The predicted octanol–water partition coefficient (Wildman–Crippen LogP) is 2.46. The van der Waals surface area contributed by atoms with Gasteiger partial charge in [-0.1, -0.05) is 41.9 Å². The number of H-pyrrole nitrogens is 1. The van der Waals surface area contributed by atoms with Crippen LogP contribution in [0.25, 0.3) is 16.6 Å². The number of nitrogens with one attached hydrogen (secondary N) is 1. The van der Waals surface area contributed by atoms with Crippen LogP contribution in [0.1, 0.15) is 5.56 Å². The van der Waals surface area contributed by atoms with Crippen molar-refractivity contribution < 1.29 is 16.8 Å². The first-order valence-electron chi connectivity index (χ1n) is 10.4. The molecule has 0 bridgehead atoms. The second-order valence-corrected chi connectivity index (χ2v) is 12.5. The Morgan fingerprint density at radius 2 is 1.63 bits per heavy atom. The van der Waals surface area contributed by atoms with Crippen LogP contribution in [0, 0.1) is 0 Å². The topological polar surface area (TPSA) is 126 Å². The van der Waals surface area contributed by atoms with Crippen LogP contribution in [0.15, 0.2) is 81.2 Å². The summed E-state index contributed by atoms with van der Waals surface area (Å²) in [7, 11) is -7.80. The van der Waals surface area contributed by atoms with E-state index in [2.05, 4.69) is 4.98 Å². The van der Waals surface area contributed by atoms with Crippen LogP contribution in [-0.4, -0.2) is 38.7 Å². The van der Waals surface area contributed by atoms with Crippen molar-refractivity contribution in [1.29, 1.82) is 0 Å². The lowest BCUT2D eigenvalue weighted by molar-refractivity contribution is 0.590. The Morgan fingerprint density at radius 3 is 2.43 bits per heavy atom. The zero-order valence-corrected chi connectivity index (χ0v) is 20.4. The highest BCUT2D eigenvalue weighted by molar-refractivity contribution is 7.93. The molecule has 4 aromatic rings. The summed E-state index contributed by atoms with van der Waals surface area (Å²) in [4.78, 5) is 28.2. The molecule has 0 amide bonds. The van der Waals surface area contributed by atoms with Crippen molar-refractivity contribution in [3.05, 3.63) is 98.2 Å². The molecule has 0 fully saturated rings. The van der Waals surface area contributed by atoms with Gasteiger partial charge in [0, 0.05) is 6.54 Å². The number of hydrogen-bond acceptors (Lipinski definition) is 6. The fourth-order valence-electron chi connectivity index (χ4n) is 4.11. The summed E-state index contributed by atoms with van der Waals surface area (Å²) >= 11 is 6.31. The highest BCUT2D eigenvalue weighted by Gasteiger charge is 2.32. The van der Waals surface area contributed by atoms with Gasteiger partial charge in [0.2, 0.25) is 0 Å². The number of fused-ring (bicyclic) bond motifs is 2. The van der Waals surface area contributed by atoms with Crippen LogP contribution in [0.2, 0.25) is 5.02 Å². The van der Waals surface area contributed by atoms with Gasteiger partial charge in [-0.05, 0) is 42.0 Å². The lowest BCUT2D eigenvalue weighted by Gasteiger charge is -2.24. The van der Waals surface area contributed by atoms with Gasteiger partial charge in [0.25, 0.3) is 15.6 Å². The van der Waals surface area contributed by atoms with Crippen molar-refractivity contribution >= 4 is 48.1 Å². The van der Waals surface area contributed by atoms with Gasteiger partial charge in [-0.3, -0.25) is 9.10 Å². The van der Waals surface area contributed by atoms with Crippen molar-refractivity contribution in [1.82, 2.24) is 9.55 Å². The molecule has 0 saturated heterocycles. The summed E-state index contributed by atoms with van der Waals surface area (Å²) < 4.78 is 54.0. The number of aromatic nitrogens is 2. The van der Waals surface area contributed by atoms with Crippen molar-refractivity contribution in [2.45, 2.75) is 10.6 Å². The number of para-hydroxylation sites is 2. The van der Waals surface area contributed by atoms with Crippen molar-refractivity contribution in [2.75, 3.05) is 16.6 Å². The summed E-state index contributed by atoms with van der Waals surface area (Å²) in [5.74, 6) is -0.631. The Kier molecular flexibility index (Phi) is 5.58. The van der Waals surface area contributed by atoms with Crippen LogP contribution in [0.4, 0.5) is 5.69 Å². The quantitative estimate of drug-likeness (QED) is 0.433. The van der Waals surface area contributed by atoms with Gasteiger partial charge in [-0.15, -0.1) is 0 Å². The van der Waals surface area contributed by atoms with Gasteiger partial charge in [0.15, 0.2) is 9.84 Å². The molecular formula is C23H18ClN3O6S2. The maximum atomic E-state index is 13.7. The molecule has 0 saturated carbocycles. The Labute approximate surface area is 205 Å².